The smallest absolute Gasteiger partial charge is 0.416 e. The first-order chi connectivity index (χ1) is 10.6. The third-order valence-electron chi connectivity index (χ3n) is 2.44. The van der Waals surface area contributed by atoms with E-state index in [1.165, 1.54) is 6.92 Å². The summed E-state index contributed by atoms with van der Waals surface area (Å²) in [4.78, 5) is 13.4. The van der Waals surface area contributed by atoms with Gasteiger partial charge in [-0.25, -0.2) is 0 Å². The molecule has 0 spiro atoms. The summed E-state index contributed by atoms with van der Waals surface area (Å²) < 4.78 is 43.0. The molecule has 0 aliphatic rings. The maximum absolute atomic E-state index is 12.7. The number of aliphatic hydroxyl groups excluding tert-OH is 1. The maximum Gasteiger partial charge on any atom is 0.416 e. The van der Waals surface area contributed by atoms with Crippen LogP contribution in [0, 0.1) is 10.1 Å². The van der Waals surface area contributed by atoms with Crippen LogP contribution in [0.4, 0.5) is 18.9 Å². The van der Waals surface area contributed by atoms with E-state index < -0.39 is 45.7 Å². The molecule has 1 aromatic rings. The van der Waals surface area contributed by atoms with E-state index in [0.717, 1.165) is 6.08 Å². The average Bonchev–Trinajstić information content (AvgIpc) is 2.39. The molecule has 0 heterocycles. The SMILES string of the molecule is CC(C=C(N)Oc1c(Cl)cc(C(F)(F)F)cc1[N+](=O)[O-])=NCO. The van der Waals surface area contributed by atoms with Gasteiger partial charge in [-0.2, -0.15) is 13.2 Å². The van der Waals surface area contributed by atoms with Crippen LogP contribution in [0.5, 0.6) is 5.75 Å². The van der Waals surface area contributed by atoms with Gasteiger partial charge in [0.25, 0.3) is 0 Å². The summed E-state index contributed by atoms with van der Waals surface area (Å²) in [5.74, 6) is -1.03. The third kappa shape index (κ3) is 5.11. The summed E-state index contributed by atoms with van der Waals surface area (Å²) >= 11 is 5.64. The summed E-state index contributed by atoms with van der Waals surface area (Å²) in [6.07, 6.45) is -3.69. The number of benzene rings is 1. The molecule has 0 atom stereocenters. The largest absolute Gasteiger partial charge is 0.433 e. The molecule has 0 bridgehead atoms. The van der Waals surface area contributed by atoms with Crippen molar-refractivity contribution in [1.29, 1.82) is 0 Å². The highest BCUT2D eigenvalue weighted by atomic mass is 35.5. The topological polar surface area (TPSA) is 111 Å². The molecular weight excluding hydrogens is 343 g/mol. The van der Waals surface area contributed by atoms with Crippen LogP contribution in [0.25, 0.3) is 0 Å². The molecule has 0 aromatic heterocycles. The quantitative estimate of drug-likeness (QED) is 0.366. The van der Waals surface area contributed by atoms with Gasteiger partial charge < -0.3 is 15.6 Å². The summed E-state index contributed by atoms with van der Waals surface area (Å²) in [5.41, 5.74) is 3.43. The van der Waals surface area contributed by atoms with Crippen LogP contribution in [0.2, 0.25) is 5.02 Å². The van der Waals surface area contributed by atoms with Gasteiger partial charge in [-0.1, -0.05) is 11.6 Å². The van der Waals surface area contributed by atoms with Crippen LogP contribution in [-0.4, -0.2) is 22.5 Å². The molecule has 1 aromatic carbocycles. The highest BCUT2D eigenvalue weighted by Gasteiger charge is 2.35. The van der Waals surface area contributed by atoms with Crippen molar-refractivity contribution in [3.8, 4) is 5.75 Å². The summed E-state index contributed by atoms with van der Waals surface area (Å²) in [7, 11) is 0. The molecule has 0 aliphatic carbocycles. The normalized spacial score (nSPS) is 13.1. The Labute approximate surface area is 133 Å². The Morgan fingerprint density at radius 2 is 2.17 bits per heavy atom. The molecule has 7 nitrogen and oxygen atoms in total. The number of aliphatic hydroxyl groups is 1. The molecular formula is C12H11ClF3N3O4. The van der Waals surface area contributed by atoms with Crippen LogP contribution in [0.1, 0.15) is 12.5 Å². The number of halogens is 4. The standard InChI is InChI=1S/C12H11ClF3N3O4/c1-6(18-5-20)2-10(17)23-11-8(13)3-7(12(14,15)16)4-9(11)19(21)22/h2-4,20H,5,17H2,1H3. The predicted octanol–water partition coefficient (Wildman–Crippen LogP) is 2.86. The van der Waals surface area contributed by atoms with Crippen LogP contribution >= 0.6 is 11.6 Å². The minimum absolute atomic E-state index is 0.232. The van der Waals surface area contributed by atoms with E-state index in [2.05, 4.69) is 4.99 Å². The molecule has 0 saturated heterocycles. The zero-order valence-electron chi connectivity index (χ0n) is 11.6. The van der Waals surface area contributed by atoms with E-state index >= 15 is 0 Å². The third-order valence-corrected chi connectivity index (χ3v) is 2.72. The van der Waals surface area contributed by atoms with Crippen molar-refractivity contribution in [2.45, 2.75) is 13.1 Å². The lowest BCUT2D eigenvalue weighted by Gasteiger charge is -2.11. The molecule has 1 rings (SSSR count). The van der Waals surface area contributed by atoms with Gasteiger partial charge in [-0.05, 0) is 13.0 Å². The second-order valence-corrected chi connectivity index (χ2v) is 4.56. The monoisotopic (exact) mass is 353 g/mol. The fourth-order valence-corrected chi connectivity index (χ4v) is 1.74. The average molecular weight is 354 g/mol. The molecule has 0 unspecified atom stereocenters. The van der Waals surface area contributed by atoms with Crippen molar-refractivity contribution in [3.05, 3.63) is 44.8 Å². The summed E-state index contributed by atoms with van der Waals surface area (Å²) in [6.45, 7) is 0.937. The molecule has 126 valence electrons. The van der Waals surface area contributed by atoms with Crippen molar-refractivity contribution in [2.24, 2.45) is 10.7 Å². The van der Waals surface area contributed by atoms with Crippen LogP contribution in [0.15, 0.2) is 29.1 Å². The van der Waals surface area contributed by atoms with Gasteiger partial charge in [0.05, 0.1) is 15.5 Å². The fraction of sp³-hybridized carbons (Fsp3) is 0.250. The zero-order chi connectivity index (χ0) is 17.8. The number of rotatable bonds is 5. The van der Waals surface area contributed by atoms with Crippen LogP contribution in [0.3, 0.4) is 0 Å². The molecule has 0 fully saturated rings. The highest BCUT2D eigenvalue weighted by molar-refractivity contribution is 6.32. The lowest BCUT2D eigenvalue weighted by atomic mass is 10.2. The summed E-state index contributed by atoms with van der Waals surface area (Å²) in [6, 6.07) is 0.787. The Morgan fingerprint density at radius 3 is 2.65 bits per heavy atom. The predicted molar refractivity (Wildman–Crippen MR) is 76.2 cm³/mol. The Hall–Kier alpha value is -2.33. The lowest BCUT2D eigenvalue weighted by Crippen LogP contribution is -2.11. The van der Waals surface area contributed by atoms with E-state index in [1.54, 1.807) is 0 Å². The number of nitrogens with two attached hydrogens (primary N) is 1. The van der Waals surface area contributed by atoms with Crippen molar-refractivity contribution in [3.63, 3.8) is 0 Å². The van der Waals surface area contributed by atoms with Crippen molar-refractivity contribution in [2.75, 3.05) is 6.73 Å². The number of nitro groups is 1. The first-order valence-electron chi connectivity index (χ1n) is 5.88. The molecule has 0 saturated carbocycles. The zero-order valence-corrected chi connectivity index (χ0v) is 12.4. The number of nitro benzene ring substituents is 1. The Morgan fingerprint density at radius 1 is 1.57 bits per heavy atom. The summed E-state index contributed by atoms with van der Waals surface area (Å²) in [5, 5.41) is 18.9. The first kappa shape index (κ1) is 18.7. The van der Waals surface area contributed by atoms with E-state index in [1.807, 2.05) is 0 Å². The van der Waals surface area contributed by atoms with Gasteiger partial charge in [0.15, 0.2) is 5.88 Å². The Balaban J connectivity index is 3.31. The number of alkyl halides is 3. The van der Waals surface area contributed by atoms with Crippen molar-refractivity contribution < 1.29 is 27.9 Å². The van der Waals surface area contributed by atoms with E-state index in [-0.39, 0.29) is 5.71 Å². The second-order valence-electron chi connectivity index (χ2n) is 4.15. The molecule has 0 radical (unpaired) electrons. The minimum atomic E-state index is -4.81. The second kappa shape index (κ2) is 7.29. The molecule has 0 aliphatic heterocycles. The molecule has 23 heavy (non-hydrogen) atoms. The van der Waals surface area contributed by atoms with Gasteiger partial charge >= 0.3 is 11.9 Å². The van der Waals surface area contributed by atoms with E-state index in [4.69, 9.17) is 27.2 Å². The number of hydrogen-bond acceptors (Lipinski definition) is 6. The molecule has 3 N–H and O–H groups in total. The van der Waals surface area contributed by atoms with Gasteiger partial charge in [-0.3, -0.25) is 15.1 Å². The van der Waals surface area contributed by atoms with Gasteiger partial charge in [-0.15, -0.1) is 0 Å². The Kier molecular flexibility index (Phi) is 5.93. The van der Waals surface area contributed by atoms with Gasteiger partial charge in [0.1, 0.15) is 6.73 Å². The number of hydrogen-bond donors (Lipinski definition) is 2. The maximum atomic E-state index is 12.7. The number of aliphatic imine (C=N–C) groups is 1. The lowest BCUT2D eigenvalue weighted by molar-refractivity contribution is -0.385. The minimum Gasteiger partial charge on any atom is -0.433 e. The van der Waals surface area contributed by atoms with Crippen LogP contribution < -0.4 is 10.5 Å². The van der Waals surface area contributed by atoms with E-state index in [9.17, 15) is 23.3 Å². The number of allylic oxidation sites excluding steroid dienone is 1. The van der Waals surface area contributed by atoms with Crippen LogP contribution in [-0.2, 0) is 6.18 Å². The van der Waals surface area contributed by atoms with Crippen molar-refractivity contribution in [1.82, 2.24) is 0 Å². The van der Waals surface area contributed by atoms with Gasteiger partial charge in [0, 0.05) is 17.9 Å². The fourth-order valence-electron chi connectivity index (χ4n) is 1.49. The number of ether oxygens (including phenoxy) is 1. The van der Waals surface area contributed by atoms with E-state index in [0.29, 0.717) is 12.1 Å². The molecule has 0 amide bonds. The van der Waals surface area contributed by atoms with Gasteiger partial charge in [0.2, 0.25) is 5.75 Å². The first-order valence-corrected chi connectivity index (χ1v) is 6.26. The Bertz CT molecular complexity index is 674. The van der Waals surface area contributed by atoms with Crippen molar-refractivity contribution >= 4 is 23.0 Å². The highest BCUT2D eigenvalue weighted by Crippen LogP contribution is 2.41. The molecule has 11 heteroatoms. The number of nitrogens with zero attached hydrogens (tertiary/aromatic N) is 2.